The van der Waals surface area contributed by atoms with Gasteiger partial charge in [0, 0.05) is 48.5 Å². The lowest BCUT2D eigenvalue weighted by molar-refractivity contribution is -0.123. The molecule has 13 heteroatoms. The molecule has 1 aliphatic heterocycles. The normalized spacial score (nSPS) is 13.3. The van der Waals surface area contributed by atoms with Crippen LogP contribution in [0.3, 0.4) is 0 Å². The third-order valence-electron chi connectivity index (χ3n) is 8.18. The minimum atomic E-state index is -1.02. The number of hydrogen-bond donors (Lipinski definition) is 3. The molecular formula is C35H34ClN7O5. The van der Waals surface area contributed by atoms with Gasteiger partial charge < -0.3 is 24.8 Å². The lowest BCUT2D eigenvalue weighted by atomic mass is 10.0. The van der Waals surface area contributed by atoms with Gasteiger partial charge in [-0.25, -0.2) is 4.98 Å². The lowest BCUT2D eigenvalue weighted by Gasteiger charge is -2.35. The molecule has 0 bridgehead atoms. The van der Waals surface area contributed by atoms with E-state index in [9.17, 15) is 19.2 Å². The van der Waals surface area contributed by atoms with Crippen LogP contribution in [-0.4, -0.2) is 61.0 Å². The second-order valence-electron chi connectivity index (χ2n) is 11.7. The van der Waals surface area contributed by atoms with Crippen LogP contribution in [0.1, 0.15) is 51.6 Å². The van der Waals surface area contributed by atoms with Crippen molar-refractivity contribution in [2.75, 3.05) is 6.54 Å². The van der Waals surface area contributed by atoms with Crippen LogP contribution in [0.15, 0.2) is 83.8 Å². The molecule has 5 aromatic rings. The van der Waals surface area contributed by atoms with Crippen molar-refractivity contribution in [1.29, 1.82) is 0 Å². The molecule has 12 nitrogen and oxygen atoms in total. The number of H-pyrrole nitrogens is 1. The molecule has 3 aromatic heterocycles. The Morgan fingerprint density at radius 3 is 2.56 bits per heavy atom. The summed E-state index contributed by atoms with van der Waals surface area (Å²) in [7, 11) is 0. The molecule has 0 fully saturated rings. The van der Waals surface area contributed by atoms with Gasteiger partial charge in [0.25, 0.3) is 11.8 Å². The number of fused-ring (bicyclic) bond motifs is 2. The third-order valence-corrected chi connectivity index (χ3v) is 8.42. The maximum Gasteiger partial charge on any atom is 0.274 e. The molecule has 4 heterocycles. The zero-order valence-corrected chi connectivity index (χ0v) is 27.2. The first-order chi connectivity index (χ1) is 23.2. The summed E-state index contributed by atoms with van der Waals surface area (Å²) >= 11 is 6.21. The number of nitrogens with zero attached hydrogens (tertiary/aromatic N) is 4. The topological polar surface area (TPSA) is 151 Å². The maximum absolute atomic E-state index is 13.8. The molecule has 0 saturated carbocycles. The molecule has 6 rings (SSSR count). The molecule has 0 unspecified atom stereocenters. The van der Waals surface area contributed by atoms with E-state index in [4.69, 9.17) is 16.3 Å². The number of hydrogen-bond acceptors (Lipinski definition) is 7. The number of nitrogens with one attached hydrogen (secondary N) is 3. The van der Waals surface area contributed by atoms with Gasteiger partial charge in [-0.3, -0.25) is 24.3 Å². The van der Waals surface area contributed by atoms with Gasteiger partial charge in [0.05, 0.1) is 11.9 Å². The smallest absolute Gasteiger partial charge is 0.274 e. The highest BCUT2D eigenvalue weighted by molar-refractivity contribution is 6.30. The Morgan fingerprint density at radius 2 is 1.79 bits per heavy atom. The van der Waals surface area contributed by atoms with Gasteiger partial charge in [-0.2, -0.15) is 5.10 Å². The Bertz CT molecular complexity index is 2040. The fourth-order valence-corrected chi connectivity index (χ4v) is 5.98. The number of carbonyl (C=O) groups excluding carboxylic acids is 3. The number of carbonyl (C=O) groups is 3. The van der Waals surface area contributed by atoms with Crippen LogP contribution < -0.4 is 20.8 Å². The average Bonchev–Trinajstić information content (AvgIpc) is 3.51. The summed E-state index contributed by atoms with van der Waals surface area (Å²) in [5.74, 6) is -1.39. The van der Waals surface area contributed by atoms with Crippen LogP contribution in [0.25, 0.3) is 11.0 Å². The van der Waals surface area contributed by atoms with Crippen LogP contribution >= 0.6 is 11.6 Å². The predicted molar refractivity (Wildman–Crippen MR) is 180 cm³/mol. The number of aromatic amines is 1. The van der Waals surface area contributed by atoms with E-state index in [0.717, 1.165) is 11.1 Å². The van der Waals surface area contributed by atoms with Gasteiger partial charge in [0.2, 0.25) is 11.3 Å². The summed E-state index contributed by atoms with van der Waals surface area (Å²) in [6, 6.07) is 20.1. The number of ether oxygens (including phenoxy) is 1. The van der Waals surface area contributed by atoms with Gasteiger partial charge in [0.1, 0.15) is 18.3 Å². The molecule has 3 N–H and O–H groups in total. The van der Waals surface area contributed by atoms with Gasteiger partial charge in [-0.1, -0.05) is 54.1 Å². The van der Waals surface area contributed by atoms with Crippen molar-refractivity contribution < 1.29 is 19.1 Å². The molecule has 1 aliphatic rings. The number of amides is 3. The number of rotatable bonds is 11. The molecule has 0 saturated heterocycles. The molecule has 246 valence electrons. The molecule has 1 atom stereocenters. The van der Waals surface area contributed by atoms with E-state index in [0.29, 0.717) is 34.8 Å². The van der Waals surface area contributed by atoms with E-state index < -0.39 is 23.3 Å². The summed E-state index contributed by atoms with van der Waals surface area (Å²) in [5, 5.41) is 13.5. The van der Waals surface area contributed by atoms with E-state index in [1.54, 1.807) is 46.0 Å². The molecule has 2 aromatic carbocycles. The zero-order chi connectivity index (χ0) is 33.8. The van der Waals surface area contributed by atoms with Gasteiger partial charge in [0.15, 0.2) is 17.1 Å². The van der Waals surface area contributed by atoms with Crippen LogP contribution in [0, 0.1) is 0 Å². The Balaban J connectivity index is 1.27. The number of benzene rings is 2. The third kappa shape index (κ3) is 6.93. The van der Waals surface area contributed by atoms with Crippen LogP contribution in [0.4, 0.5) is 0 Å². The van der Waals surface area contributed by atoms with E-state index in [2.05, 4.69) is 25.8 Å². The van der Waals surface area contributed by atoms with Crippen molar-refractivity contribution in [1.82, 2.24) is 35.3 Å². The summed E-state index contributed by atoms with van der Waals surface area (Å²) in [5.41, 5.74) is 2.23. The maximum atomic E-state index is 13.8. The number of aromatic nitrogens is 4. The zero-order valence-electron chi connectivity index (χ0n) is 26.4. The number of pyridine rings is 2. The monoisotopic (exact) mass is 667 g/mol. The molecule has 48 heavy (non-hydrogen) atoms. The van der Waals surface area contributed by atoms with Crippen molar-refractivity contribution in [2.45, 2.75) is 52.0 Å². The van der Waals surface area contributed by atoms with Crippen LogP contribution in [0.5, 0.6) is 5.75 Å². The molecule has 0 aliphatic carbocycles. The van der Waals surface area contributed by atoms with E-state index >= 15 is 0 Å². The van der Waals surface area contributed by atoms with Gasteiger partial charge >= 0.3 is 0 Å². The van der Waals surface area contributed by atoms with Crippen LogP contribution in [0.2, 0.25) is 5.02 Å². The highest BCUT2D eigenvalue weighted by Gasteiger charge is 2.33. The first kappa shape index (κ1) is 32.5. The fraction of sp³-hybridized carbons (Fsp3) is 0.257. The Kier molecular flexibility index (Phi) is 9.53. The molecule has 0 radical (unpaired) electrons. The SMILES string of the molecule is CC(C)N1CCn2c(CNC(=O)[C@@H](Cc3cccc(Cl)c3)NC(=O)c3[nH]nc4ncccc34)cc(=O)c(OCc3ccccc3)c2C1=O. The lowest BCUT2D eigenvalue weighted by Crippen LogP contribution is -2.49. The standard InChI is InChI=1S/C35H34ClN7O5/c1-21(2)42-14-15-43-25(18-28(44)31(30(43)35(42)47)48-20-22-8-4-3-5-9-22)19-38-33(45)27(17-23-10-6-11-24(36)16-23)39-34(46)29-26-12-7-13-37-32(26)41-40-29/h3-13,16,18,21,27H,14-15,17,19-20H2,1-2H3,(H,38,45)(H,39,46)(H,37,40,41)/t27-/m1/s1. The highest BCUT2D eigenvalue weighted by Crippen LogP contribution is 2.25. The van der Waals surface area contributed by atoms with E-state index in [1.807, 2.05) is 50.2 Å². The molecule has 0 spiro atoms. The predicted octanol–water partition coefficient (Wildman–Crippen LogP) is 3.87. The van der Waals surface area contributed by atoms with Crippen molar-refractivity contribution in [3.8, 4) is 5.75 Å². The fourth-order valence-electron chi connectivity index (χ4n) is 5.76. The minimum Gasteiger partial charge on any atom is -0.483 e. The van der Waals surface area contributed by atoms with Crippen LogP contribution in [-0.2, 0) is 30.9 Å². The summed E-state index contributed by atoms with van der Waals surface area (Å²) in [4.78, 5) is 60.2. The summed E-state index contributed by atoms with van der Waals surface area (Å²) in [6.45, 7) is 4.69. The first-order valence-corrected chi connectivity index (χ1v) is 15.9. The summed E-state index contributed by atoms with van der Waals surface area (Å²) < 4.78 is 7.72. The van der Waals surface area contributed by atoms with E-state index in [1.165, 1.54) is 6.07 Å². The second-order valence-corrected chi connectivity index (χ2v) is 12.2. The van der Waals surface area contributed by atoms with Crippen molar-refractivity contribution in [3.63, 3.8) is 0 Å². The summed E-state index contributed by atoms with van der Waals surface area (Å²) in [6.07, 6.45) is 1.70. The quantitative estimate of drug-likeness (QED) is 0.193. The first-order valence-electron chi connectivity index (χ1n) is 15.6. The minimum absolute atomic E-state index is 0.0309. The van der Waals surface area contributed by atoms with Gasteiger partial charge in [-0.05, 0) is 49.2 Å². The molecular weight excluding hydrogens is 634 g/mol. The van der Waals surface area contributed by atoms with Gasteiger partial charge in [-0.15, -0.1) is 0 Å². The Hall–Kier alpha value is -5.49. The number of halogens is 1. The second kappa shape index (κ2) is 14.1. The van der Waals surface area contributed by atoms with Crippen molar-refractivity contribution >= 4 is 40.4 Å². The van der Waals surface area contributed by atoms with Crippen molar-refractivity contribution in [3.05, 3.63) is 122 Å². The largest absolute Gasteiger partial charge is 0.483 e. The average molecular weight is 668 g/mol. The Morgan fingerprint density at radius 1 is 1.00 bits per heavy atom. The van der Waals surface area contributed by atoms with E-state index in [-0.39, 0.29) is 48.7 Å². The highest BCUT2D eigenvalue weighted by atomic mass is 35.5. The molecule has 3 amide bonds. The van der Waals surface area contributed by atoms with Crippen molar-refractivity contribution in [2.24, 2.45) is 0 Å². The Labute approximate surface area is 281 Å².